The molecule has 1 fully saturated rings. The van der Waals surface area contributed by atoms with E-state index >= 15 is 0 Å². The maximum absolute atomic E-state index is 12.6. The molecule has 9 nitrogen and oxygen atoms in total. The Bertz CT molecular complexity index is 880. The lowest BCUT2D eigenvalue weighted by molar-refractivity contribution is -0.149. The lowest BCUT2D eigenvalue weighted by Gasteiger charge is -2.27. The average molecular weight is 388 g/mol. The molecule has 3 atom stereocenters. The van der Waals surface area contributed by atoms with Crippen molar-refractivity contribution in [1.82, 2.24) is 15.2 Å². The quantitative estimate of drug-likeness (QED) is 0.435. The number of aliphatic hydroxyl groups excluding tert-OH is 1. The Kier molecular flexibility index (Phi) is 5.96. The molecule has 3 unspecified atom stereocenters. The van der Waals surface area contributed by atoms with E-state index < -0.39 is 42.5 Å². The molecule has 2 amide bonds. The number of hydrogen-bond donors (Lipinski definition) is 5. The number of aromatic nitrogens is 1. The van der Waals surface area contributed by atoms with Crippen LogP contribution in [0, 0.1) is 0 Å². The SMILES string of the molecule is NC(Cc1c[nH]c2ccccc12)C(=O)NC(CO)C(=O)N1CCCC1C(=O)O. The van der Waals surface area contributed by atoms with Gasteiger partial charge in [0.2, 0.25) is 11.8 Å². The minimum Gasteiger partial charge on any atom is -0.480 e. The molecular weight excluding hydrogens is 364 g/mol. The minimum atomic E-state index is -1.22. The van der Waals surface area contributed by atoms with Crippen molar-refractivity contribution in [2.75, 3.05) is 13.2 Å². The number of fused-ring (bicyclic) bond motifs is 1. The van der Waals surface area contributed by atoms with Crippen LogP contribution in [0.4, 0.5) is 0 Å². The smallest absolute Gasteiger partial charge is 0.326 e. The Morgan fingerprint density at radius 3 is 2.79 bits per heavy atom. The number of aliphatic hydroxyl groups is 1. The number of carboxylic acid groups (broad SMARTS) is 1. The van der Waals surface area contributed by atoms with Crippen molar-refractivity contribution in [1.29, 1.82) is 0 Å². The van der Waals surface area contributed by atoms with E-state index in [-0.39, 0.29) is 13.0 Å². The Morgan fingerprint density at radius 2 is 2.07 bits per heavy atom. The number of rotatable bonds is 7. The van der Waals surface area contributed by atoms with Gasteiger partial charge in [-0.3, -0.25) is 9.59 Å². The zero-order chi connectivity index (χ0) is 20.3. The van der Waals surface area contributed by atoms with Gasteiger partial charge in [-0.05, 0) is 30.9 Å². The number of para-hydroxylation sites is 1. The second-order valence-corrected chi connectivity index (χ2v) is 6.94. The van der Waals surface area contributed by atoms with Gasteiger partial charge < -0.3 is 31.1 Å². The Balaban J connectivity index is 1.64. The normalized spacial score (nSPS) is 18.8. The lowest BCUT2D eigenvalue weighted by Crippen LogP contribution is -2.56. The summed E-state index contributed by atoms with van der Waals surface area (Å²) in [6.45, 7) is -0.350. The van der Waals surface area contributed by atoms with Crippen molar-refractivity contribution in [2.24, 2.45) is 5.73 Å². The van der Waals surface area contributed by atoms with Crippen LogP contribution in [-0.4, -0.2) is 69.2 Å². The van der Waals surface area contributed by atoms with E-state index in [4.69, 9.17) is 5.73 Å². The highest BCUT2D eigenvalue weighted by Gasteiger charge is 2.37. The number of amides is 2. The first-order valence-electron chi connectivity index (χ1n) is 9.17. The molecule has 0 aliphatic carbocycles. The number of nitrogens with zero attached hydrogens (tertiary/aromatic N) is 1. The van der Waals surface area contributed by atoms with Crippen molar-refractivity contribution < 1.29 is 24.6 Å². The van der Waals surface area contributed by atoms with Crippen LogP contribution in [-0.2, 0) is 20.8 Å². The predicted octanol–water partition coefficient (Wildman–Crippen LogP) is -0.410. The average Bonchev–Trinajstić information content (AvgIpc) is 3.33. The highest BCUT2D eigenvalue weighted by Crippen LogP contribution is 2.20. The van der Waals surface area contributed by atoms with E-state index in [2.05, 4.69) is 10.3 Å². The number of aliphatic carboxylic acids is 1. The monoisotopic (exact) mass is 388 g/mol. The fourth-order valence-corrected chi connectivity index (χ4v) is 3.58. The summed E-state index contributed by atoms with van der Waals surface area (Å²) < 4.78 is 0. The van der Waals surface area contributed by atoms with Crippen molar-refractivity contribution >= 4 is 28.7 Å². The van der Waals surface area contributed by atoms with Crippen LogP contribution < -0.4 is 11.1 Å². The zero-order valence-electron chi connectivity index (χ0n) is 15.3. The van der Waals surface area contributed by atoms with Gasteiger partial charge in [-0.25, -0.2) is 4.79 Å². The second-order valence-electron chi connectivity index (χ2n) is 6.94. The molecule has 9 heteroatoms. The van der Waals surface area contributed by atoms with Crippen LogP contribution in [0.15, 0.2) is 30.5 Å². The number of benzene rings is 1. The molecule has 2 aromatic rings. The number of likely N-dealkylation sites (tertiary alicyclic amines) is 1. The maximum atomic E-state index is 12.6. The highest BCUT2D eigenvalue weighted by atomic mass is 16.4. The molecule has 28 heavy (non-hydrogen) atoms. The number of nitrogens with two attached hydrogens (primary N) is 1. The summed E-state index contributed by atoms with van der Waals surface area (Å²) >= 11 is 0. The standard InChI is InChI=1S/C19H24N4O5/c20-13(8-11-9-21-14-5-2-1-4-12(11)14)17(25)22-15(10-24)18(26)23-7-3-6-16(23)19(27)28/h1-2,4-5,9,13,15-16,21,24H,3,6-8,10,20H2,(H,22,25)(H,27,28). The van der Waals surface area contributed by atoms with Crippen molar-refractivity contribution in [3.63, 3.8) is 0 Å². The van der Waals surface area contributed by atoms with Gasteiger partial charge in [-0.2, -0.15) is 0 Å². The first kappa shape index (κ1) is 19.8. The van der Waals surface area contributed by atoms with Crippen molar-refractivity contribution in [3.8, 4) is 0 Å². The largest absolute Gasteiger partial charge is 0.480 e. The molecule has 1 saturated heterocycles. The van der Waals surface area contributed by atoms with Gasteiger partial charge in [0.05, 0.1) is 12.6 Å². The summed E-state index contributed by atoms with van der Waals surface area (Å²) in [7, 11) is 0. The molecular formula is C19H24N4O5. The van der Waals surface area contributed by atoms with Crippen LogP contribution >= 0.6 is 0 Å². The van der Waals surface area contributed by atoms with Crippen LogP contribution in [0.3, 0.4) is 0 Å². The van der Waals surface area contributed by atoms with Gasteiger partial charge in [-0.15, -0.1) is 0 Å². The predicted molar refractivity (Wildman–Crippen MR) is 101 cm³/mol. The number of carbonyl (C=O) groups excluding carboxylic acids is 2. The summed E-state index contributed by atoms with van der Waals surface area (Å²) in [6.07, 6.45) is 2.96. The van der Waals surface area contributed by atoms with Crippen LogP contribution in [0.25, 0.3) is 10.9 Å². The van der Waals surface area contributed by atoms with E-state index in [1.807, 2.05) is 24.3 Å². The number of carbonyl (C=O) groups is 3. The maximum Gasteiger partial charge on any atom is 0.326 e. The van der Waals surface area contributed by atoms with Gasteiger partial charge in [0.1, 0.15) is 12.1 Å². The Morgan fingerprint density at radius 1 is 1.32 bits per heavy atom. The number of carboxylic acids is 1. The Hall–Kier alpha value is -2.91. The summed E-state index contributed by atoms with van der Waals surface area (Å²) in [5, 5.41) is 22.2. The van der Waals surface area contributed by atoms with E-state index in [0.717, 1.165) is 16.5 Å². The van der Waals surface area contributed by atoms with E-state index in [1.54, 1.807) is 6.20 Å². The van der Waals surface area contributed by atoms with Crippen LogP contribution in [0.2, 0.25) is 0 Å². The first-order chi connectivity index (χ1) is 13.4. The Labute approximate surface area is 161 Å². The molecule has 0 spiro atoms. The molecule has 2 heterocycles. The van der Waals surface area contributed by atoms with Gasteiger partial charge in [-0.1, -0.05) is 18.2 Å². The van der Waals surface area contributed by atoms with Gasteiger partial charge in [0.15, 0.2) is 0 Å². The topological polar surface area (TPSA) is 149 Å². The van der Waals surface area contributed by atoms with Crippen molar-refractivity contribution in [2.45, 2.75) is 37.4 Å². The molecule has 0 bridgehead atoms. The highest BCUT2D eigenvalue weighted by molar-refractivity contribution is 5.92. The zero-order valence-corrected chi connectivity index (χ0v) is 15.3. The van der Waals surface area contributed by atoms with E-state index in [9.17, 15) is 24.6 Å². The number of nitrogens with one attached hydrogen (secondary N) is 2. The summed E-state index contributed by atoms with van der Waals surface area (Å²) in [5.41, 5.74) is 7.81. The van der Waals surface area contributed by atoms with E-state index in [0.29, 0.717) is 12.8 Å². The van der Waals surface area contributed by atoms with E-state index in [1.165, 1.54) is 4.90 Å². The molecule has 0 radical (unpaired) electrons. The van der Waals surface area contributed by atoms with Crippen LogP contribution in [0.5, 0.6) is 0 Å². The fourth-order valence-electron chi connectivity index (χ4n) is 3.58. The number of H-pyrrole nitrogens is 1. The van der Waals surface area contributed by atoms with Crippen LogP contribution in [0.1, 0.15) is 18.4 Å². The molecule has 1 aromatic carbocycles. The lowest BCUT2D eigenvalue weighted by atomic mass is 10.0. The first-order valence-corrected chi connectivity index (χ1v) is 9.17. The third-order valence-corrected chi connectivity index (χ3v) is 5.07. The molecule has 1 aliphatic heterocycles. The molecule has 0 saturated carbocycles. The molecule has 3 rings (SSSR count). The minimum absolute atomic E-state index is 0.254. The second kappa shape index (κ2) is 8.41. The third kappa shape index (κ3) is 4.00. The summed E-state index contributed by atoms with van der Waals surface area (Å²) in [4.78, 5) is 40.6. The molecule has 1 aromatic heterocycles. The van der Waals surface area contributed by atoms with Gasteiger partial charge >= 0.3 is 5.97 Å². The molecule has 6 N–H and O–H groups in total. The fraction of sp³-hybridized carbons (Fsp3) is 0.421. The summed E-state index contributed by atoms with van der Waals surface area (Å²) in [6, 6.07) is 4.55. The van der Waals surface area contributed by atoms with Gasteiger partial charge in [0, 0.05) is 23.6 Å². The third-order valence-electron chi connectivity index (χ3n) is 5.07. The number of aromatic amines is 1. The van der Waals surface area contributed by atoms with Gasteiger partial charge in [0.25, 0.3) is 0 Å². The van der Waals surface area contributed by atoms with Crippen molar-refractivity contribution in [3.05, 3.63) is 36.0 Å². The molecule has 150 valence electrons. The number of hydrogen-bond acceptors (Lipinski definition) is 5. The molecule has 1 aliphatic rings. The summed E-state index contributed by atoms with van der Waals surface area (Å²) in [5.74, 6) is -2.28.